The molecule has 0 saturated heterocycles. The lowest BCUT2D eigenvalue weighted by atomic mass is 9.82. The van der Waals surface area contributed by atoms with Crippen LogP contribution in [0.2, 0.25) is 0 Å². The van der Waals surface area contributed by atoms with E-state index in [9.17, 15) is 9.59 Å². The Kier molecular flexibility index (Phi) is 6.88. The van der Waals surface area contributed by atoms with Crippen molar-refractivity contribution in [1.82, 2.24) is 25.9 Å². The zero-order chi connectivity index (χ0) is 26.0. The van der Waals surface area contributed by atoms with Gasteiger partial charge in [0.15, 0.2) is 0 Å². The first-order chi connectivity index (χ1) is 17.8. The summed E-state index contributed by atoms with van der Waals surface area (Å²) in [5.74, 6) is 0.528. The minimum atomic E-state index is -1.05. The van der Waals surface area contributed by atoms with E-state index in [0.717, 1.165) is 36.1 Å². The number of carbonyl (C=O) groups is 2. The maximum absolute atomic E-state index is 13.7. The molecular formula is C28H33N7O2. The third-order valence-electron chi connectivity index (χ3n) is 7.29. The number of hydrogen-bond acceptors (Lipinski definition) is 6. The lowest BCUT2D eigenvalue weighted by Gasteiger charge is -2.31. The second kappa shape index (κ2) is 10.3. The number of anilines is 1. The molecule has 2 aromatic carbocycles. The van der Waals surface area contributed by atoms with Crippen molar-refractivity contribution >= 4 is 17.5 Å². The van der Waals surface area contributed by atoms with Gasteiger partial charge in [-0.15, -0.1) is 10.2 Å². The van der Waals surface area contributed by atoms with Gasteiger partial charge in [-0.3, -0.25) is 9.59 Å². The number of hydrogen-bond donors (Lipinski definition) is 3. The van der Waals surface area contributed by atoms with Crippen molar-refractivity contribution in [2.24, 2.45) is 5.73 Å². The predicted octanol–water partition coefficient (Wildman–Crippen LogP) is 3.26. The Morgan fingerprint density at radius 2 is 1.92 bits per heavy atom. The Hall–Kier alpha value is -3.85. The molecule has 1 unspecified atom stereocenters. The summed E-state index contributed by atoms with van der Waals surface area (Å²) in [5.41, 5.74) is 10.4. The summed E-state index contributed by atoms with van der Waals surface area (Å²) in [6.07, 6.45) is 6.23. The van der Waals surface area contributed by atoms with Crippen LogP contribution in [0.4, 0.5) is 5.69 Å². The van der Waals surface area contributed by atoms with E-state index in [4.69, 9.17) is 5.73 Å². The van der Waals surface area contributed by atoms with Gasteiger partial charge in [0.2, 0.25) is 17.6 Å². The van der Waals surface area contributed by atoms with Crippen LogP contribution in [-0.4, -0.2) is 50.6 Å². The minimum absolute atomic E-state index is 0.0898. The normalized spacial score (nSPS) is 20.1. The molecule has 192 valence electrons. The number of aryl methyl sites for hydroxylation is 1. The van der Waals surface area contributed by atoms with Gasteiger partial charge in [-0.2, -0.15) is 5.21 Å². The molecule has 2 atom stereocenters. The number of nitrogens with zero attached hydrogens (tertiary/aromatic N) is 4. The summed E-state index contributed by atoms with van der Waals surface area (Å²) < 4.78 is 0. The molecule has 9 nitrogen and oxygen atoms in total. The van der Waals surface area contributed by atoms with Crippen LogP contribution >= 0.6 is 0 Å². The van der Waals surface area contributed by atoms with E-state index in [1.54, 1.807) is 13.8 Å². The van der Waals surface area contributed by atoms with E-state index in [1.807, 2.05) is 41.3 Å². The fourth-order valence-corrected chi connectivity index (χ4v) is 5.21. The highest BCUT2D eigenvalue weighted by molar-refractivity contribution is 6.01. The molecule has 37 heavy (non-hydrogen) atoms. The molecule has 1 aromatic heterocycles. The smallest absolute Gasteiger partial charge is 0.249 e. The maximum atomic E-state index is 13.7. The van der Waals surface area contributed by atoms with Crippen LogP contribution in [0.25, 0.3) is 11.4 Å². The van der Waals surface area contributed by atoms with Gasteiger partial charge in [0.05, 0.1) is 5.54 Å². The number of allylic oxidation sites excluding steroid dienone is 1. The number of carbonyl (C=O) groups excluding carboxylic acids is 2. The third kappa shape index (κ3) is 5.32. The standard InChI is InChI=1S/C28H33N7O2/c1-28(2,29)27(37)30-23-16-15-20-7-3-6-10-24(20)35(26(23)36)17-18-11-13-19(14-12-18)21-8-4-5-9-22(21)25-31-33-34-32-25/h3-11,19,23H,12-17,29H2,1-2H3,(H,30,37)(H,31,32,33,34)/t19?,23-/m1/s1. The van der Waals surface area contributed by atoms with Crippen molar-refractivity contribution in [2.45, 2.75) is 63.5 Å². The van der Waals surface area contributed by atoms with Crippen LogP contribution in [0.5, 0.6) is 0 Å². The van der Waals surface area contributed by atoms with Crippen LogP contribution < -0.4 is 16.0 Å². The van der Waals surface area contributed by atoms with E-state index in [2.05, 4.69) is 44.1 Å². The summed E-state index contributed by atoms with van der Waals surface area (Å²) in [6.45, 7) is 3.81. The molecule has 0 radical (unpaired) electrons. The minimum Gasteiger partial charge on any atom is -0.343 e. The van der Waals surface area contributed by atoms with Crippen molar-refractivity contribution in [3.63, 3.8) is 0 Å². The fraction of sp³-hybridized carbons (Fsp3) is 0.393. The Morgan fingerprint density at radius 3 is 2.65 bits per heavy atom. The number of benzene rings is 2. The summed E-state index contributed by atoms with van der Waals surface area (Å²) in [7, 11) is 0. The predicted molar refractivity (Wildman–Crippen MR) is 142 cm³/mol. The molecule has 9 heteroatoms. The number of aromatic amines is 1. The maximum Gasteiger partial charge on any atom is 0.249 e. The number of H-pyrrole nitrogens is 1. The number of nitrogens with two attached hydrogens (primary N) is 1. The van der Waals surface area contributed by atoms with E-state index >= 15 is 0 Å². The largest absolute Gasteiger partial charge is 0.343 e. The number of nitrogens with one attached hydrogen (secondary N) is 2. The van der Waals surface area contributed by atoms with Gasteiger partial charge in [-0.1, -0.05) is 54.1 Å². The van der Waals surface area contributed by atoms with Gasteiger partial charge in [-0.25, -0.2) is 0 Å². The average Bonchev–Trinajstić information content (AvgIpc) is 3.40. The van der Waals surface area contributed by atoms with Crippen molar-refractivity contribution in [3.8, 4) is 11.4 Å². The number of aromatic nitrogens is 4. The van der Waals surface area contributed by atoms with Crippen molar-refractivity contribution in [2.75, 3.05) is 11.4 Å². The lowest BCUT2D eigenvalue weighted by Crippen LogP contribution is -2.56. The van der Waals surface area contributed by atoms with Crippen molar-refractivity contribution in [3.05, 3.63) is 71.3 Å². The highest BCUT2D eigenvalue weighted by Crippen LogP contribution is 2.37. The Labute approximate surface area is 216 Å². The quantitative estimate of drug-likeness (QED) is 0.447. The first kappa shape index (κ1) is 24.8. The summed E-state index contributed by atoms with van der Waals surface area (Å²) in [6, 6.07) is 15.6. The monoisotopic (exact) mass is 499 g/mol. The van der Waals surface area contributed by atoms with Gasteiger partial charge in [-0.05, 0) is 74.3 Å². The molecule has 0 bridgehead atoms. The molecule has 3 aromatic rings. The highest BCUT2D eigenvalue weighted by atomic mass is 16.2. The Balaban J connectivity index is 1.36. The second-order valence-electron chi connectivity index (χ2n) is 10.5. The number of amides is 2. The van der Waals surface area contributed by atoms with Crippen LogP contribution in [0, 0.1) is 0 Å². The average molecular weight is 500 g/mol. The Morgan fingerprint density at radius 1 is 1.14 bits per heavy atom. The van der Waals surface area contributed by atoms with E-state index in [0.29, 0.717) is 31.1 Å². The summed E-state index contributed by atoms with van der Waals surface area (Å²) >= 11 is 0. The van der Waals surface area contributed by atoms with Gasteiger partial charge >= 0.3 is 0 Å². The molecule has 2 aliphatic rings. The number of para-hydroxylation sites is 1. The van der Waals surface area contributed by atoms with Gasteiger partial charge in [0, 0.05) is 17.8 Å². The van der Waals surface area contributed by atoms with Crippen molar-refractivity contribution in [1.29, 1.82) is 0 Å². The van der Waals surface area contributed by atoms with Gasteiger partial charge < -0.3 is 16.0 Å². The molecule has 0 fully saturated rings. The van der Waals surface area contributed by atoms with Gasteiger partial charge in [0.25, 0.3) is 0 Å². The van der Waals surface area contributed by atoms with Crippen LogP contribution in [0.3, 0.4) is 0 Å². The van der Waals surface area contributed by atoms with Crippen molar-refractivity contribution < 1.29 is 9.59 Å². The SMILES string of the molecule is CC(C)(N)C(=O)N[C@@H]1CCc2ccccc2N(CC2=CCC(c3ccccc3-c3nn[nH]n3)CC2)C1=O. The molecule has 0 spiro atoms. The topological polar surface area (TPSA) is 130 Å². The van der Waals surface area contributed by atoms with Crippen LogP contribution in [0.1, 0.15) is 56.6 Å². The first-order valence-corrected chi connectivity index (χ1v) is 12.8. The molecule has 1 aliphatic heterocycles. The van der Waals surface area contributed by atoms with Gasteiger partial charge in [0.1, 0.15) is 6.04 Å². The molecule has 5 rings (SSSR count). The number of rotatable bonds is 6. The second-order valence-corrected chi connectivity index (χ2v) is 10.5. The zero-order valence-corrected chi connectivity index (χ0v) is 21.3. The molecule has 0 saturated carbocycles. The van der Waals surface area contributed by atoms with Crippen LogP contribution in [-0.2, 0) is 16.0 Å². The molecule has 4 N–H and O–H groups in total. The van der Waals surface area contributed by atoms with E-state index < -0.39 is 11.6 Å². The fourth-order valence-electron chi connectivity index (χ4n) is 5.21. The van der Waals surface area contributed by atoms with Crippen LogP contribution in [0.15, 0.2) is 60.2 Å². The zero-order valence-electron chi connectivity index (χ0n) is 21.3. The first-order valence-electron chi connectivity index (χ1n) is 12.8. The number of tetrazole rings is 1. The molecule has 2 heterocycles. The lowest BCUT2D eigenvalue weighted by molar-refractivity contribution is -0.130. The summed E-state index contributed by atoms with van der Waals surface area (Å²) in [4.78, 5) is 28.2. The third-order valence-corrected chi connectivity index (χ3v) is 7.29. The summed E-state index contributed by atoms with van der Waals surface area (Å²) in [5, 5.41) is 17.5. The Bertz CT molecular complexity index is 1310. The molecule has 1 aliphatic carbocycles. The molecular weight excluding hydrogens is 466 g/mol. The number of fused-ring (bicyclic) bond motifs is 1. The van der Waals surface area contributed by atoms with E-state index in [1.165, 1.54) is 11.1 Å². The van der Waals surface area contributed by atoms with E-state index in [-0.39, 0.29) is 11.8 Å². The molecule has 2 amide bonds. The highest BCUT2D eigenvalue weighted by Gasteiger charge is 2.34.